The monoisotopic (exact) mass is 420 g/mol. The van der Waals surface area contributed by atoms with E-state index in [0.29, 0.717) is 52.9 Å². The summed E-state index contributed by atoms with van der Waals surface area (Å²) >= 11 is 0. The fourth-order valence-electron chi connectivity index (χ4n) is 1.46. The van der Waals surface area contributed by atoms with Crippen molar-refractivity contribution >= 4 is 5.97 Å². The molecule has 8 heteroatoms. The van der Waals surface area contributed by atoms with Gasteiger partial charge < -0.3 is 33.5 Å². The summed E-state index contributed by atoms with van der Waals surface area (Å²) in [6.45, 7) is 3.86. The number of methoxy groups -OCH3 is 2. The molecule has 0 aliphatic carbocycles. The quantitative estimate of drug-likeness (QED) is 0.355. The molecule has 0 amide bonds. The van der Waals surface area contributed by atoms with Gasteiger partial charge in [-0.05, 0) is 0 Å². The molecule has 0 rings (SSSR count). The second-order valence-corrected chi connectivity index (χ2v) is 4.52. The number of rotatable bonds is 17. The summed E-state index contributed by atoms with van der Waals surface area (Å²) in [5, 5.41) is 8.42. The van der Waals surface area contributed by atoms with Crippen molar-refractivity contribution in [2.45, 2.75) is 44.6 Å². The number of carbonyl (C=O) groups is 1. The molecule has 0 heterocycles. The van der Waals surface area contributed by atoms with Crippen molar-refractivity contribution in [1.82, 2.24) is 0 Å². The lowest BCUT2D eigenvalue weighted by Crippen LogP contribution is -2.24. The maximum atomic E-state index is 10.3. The fraction of sp³-hybridized carbons (Fsp3) is 0.950. The molecule has 0 fully saturated rings. The first-order valence-corrected chi connectivity index (χ1v) is 7.21. The molecule has 0 atom stereocenters. The summed E-state index contributed by atoms with van der Waals surface area (Å²) < 4.78 is 31.1. The Hall–Kier alpha value is -0.770. The van der Waals surface area contributed by atoms with Crippen molar-refractivity contribution in [2.75, 3.05) is 80.3 Å². The summed E-state index contributed by atoms with van der Waals surface area (Å²) in [5.41, 5.74) is 0. The predicted molar refractivity (Wildman–Crippen MR) is 119 cm³/mol. The van der Waals surface area contributed by atoms with Crippen LogP contribution in [0, 0.1) is 5.92 Å². The zero-order chi connectivity index (χ0) is 16.5. The summed E-state index contributed by atoms with van der Waals surface area (Å²) in [5.74, 6) is -0.899. The van der Waals surface area contributed by atoms with Crippen molar-refractivity contribution in [3.63, 3.8) is 0 Å². The van der Waals surface area contributed by atoms with E-state index in [9.17, 15) is 4.79 Å². The molecular weight excluding hydrogens is 368 g/mol. The predicted octanol–water partition coefficient (Wildman–Crippen LogP) is 3.86. The van der Waals surface area contributed by atoms with E-state index in [2.05, 4.69) is 0 Å². The summed E-state index contributed by atoms with van der Waals surface area (Å²) in [7, 11) is 3.24. The molecule has 8 nitrogen and oxygen atoms in total. The van der Waals surface area contributed by atoms with Crippen molar-refractivity contribution < 1.29 is 38.3 Å². The van der Waals surface area contributed by atoms with E-state index in [1.807, 2.05) is 0 Å². The van der Waals surface area contributed by atoms with Crippen molar-refractivity contribution in [1.29, 1.82) is 0 Å². The first-order chi connectivity index (χ1) is 10.7. The third-order valence-electron chi connectivity index (χ3n) is 2.52. The Kier molecular flexibility index (Phi) is 60.6. The van der Waals surface area contributed by atoms with Crippen LogP contribution in [0.3, 0.4) is 0 Å². The van der Waals surface area contributed by atoms with Gasteiger partial charge >= 0.3 is 5.97 Å². The van der Waals surface area contributed by atoms with Crippen LogP contribution in [0.1, 0.15) is 44.6 Å². The van der Waals surface area contributed by atoms with Crippen LogP contribution in [-0.4, -0.2) is 91.4 Å². The molecule has 0 saturated heterocycles. The van der Waals surface area contributed by atoms with Gasteiger partial charge in [-0.3, -0.25) is 0 Å². The molecule has 0 saturated carbocycles. The second-order valence-electron chi connectivity index (χ2n) is 4.52. The molecule has 0 radical (unpaired) electrons. The van der Waals surface area contributed by atoms with Crippen LogP contribution in [0.2, 0.25) is 0 Å². The van der Waals surface area contributed by atoms with Gasteiger partial charge in [-0.25, -0.2) is 4.79 Å². The van der Waals surface area contributed by atoms with E-state index < -0.39 is 5.97 Å². The number of hydrogen-bond acceptors (Lipinski definition) is 7. The number of ether oxygens (including phenoxy) is 6. The maximum Gasteiger partial charge on any atom is 0.329 e. The first kappa shape index (κ1) is 45.8. The third-order valence-corrected chi connectivity index (χ3v) is 2.52. The lowest BCUT2D eigenvalue weighted by Gasteiger charge is -2.17. The molecule has 0 aliphatic heterocycles. The largest absolute Gasteiger partial charge is 0.480 e. The lowest BCUT2D eigenvalue weighted by atomic mass is 10.2. The molecule has 180 valence electrons. The van der Waals surface area contributed by atoms with E-state index in [1.165, 1.54) is 0 Å². The first-order valence-electron chi connectivity index (χ1n) is 7.21. The smallest absolute Gasteiger partial charge is 0.329 e. The molecule has 0 spiro atoms. The van der Waals surface area contributed by atoms with Crippen LogP contribution >= 0.6 is 0 Å². The Labute approximate surface area is 175 Å². The van der Waals surface area contributed by atoms with E-state index in [4.69, 9.17) is 33.5 Å². The molecular formula is C20H52O8. The van der Waals surface area contributed by atoms with Gasteiger partial charge in [0.2, 0.25) is 0 Å². The average Bonchev–Trinajstić information content (AvgIpc) is 2.50. The Balaban J connectivity index is -0.000000147. The van der Waals surface area contributed by atoms with Gasteiger partial charge in [0.15, 0.2) is 0 Å². The minimum Gasteiger partial charge on any atom is -0.480 e. The molecule has 0 aromatic heterocycles. The standard InChI is InChI=1S/C14H28O8.6CH4/c1-17-3-5-19-9-13(10-20-6-4-18-2)11-21-7-8-22-12-14(15)16;;;;;;/h13H,3-12H2,1-2H3,(H,15,16);6*1H4. The van der Waals surface area contributed by atoms with Crippen LogP contribution < -0.4 is 0 Å². The highest BCUT2D eigenvalue weighted by atomic mass is 16.5. The Bertz CT molecular complexity index is 240. The SMILES string of the molecule is C.C.C.C.C.C.COCCOCC(COCCOC)COCCOCC(=O)O. The van der Waals surface area contributed by atoms with Crippen LogP contribution in [0.25, 0.3) is 0 Å². The number of carboxylic acid groups (broad SMARTS) is 1. The average molecular weight is 421 g/mol. The molecule has 28 heavy (non-hydrogen) atoms. The highest BCUT2D eigenvalue weighted by Crippen LogP contribution is 2.01. The fourth-order valence-corrected chi connectivity index (χ4v) is 1.46. The van der Waals surface area contributed by atoms with Crippen LogP contribution in [0.15, 0.2) is 0 Å². The highest BCUT2D eigenvalue weighted by molar-refractivity contribution is 5.67. The Morgan fingerprint density at radius 1 is 0.643 bits per heavy atom. The van der Waals surface area contributed by atoms with Crippen LogP contribution in [-0.2, 0) is 33.2 Å². The molecule has 0 aromatic rings. The van der Waals surface area contributed by atoms with E-state index >= 15 is 0 Å². The van der Waals surface area contributed by atoms with E-state index in [-0.39, 0.29) is 63.7 Å². The van der Waals surface area contributed by atoms with E-state index in [0.717, 1.165) is 0 Å². The van der Waals surface area contributed by atoms with Gasteiger partial charge in [-0.1, -0.05) is 44.6 Å². The van der Waals surface area contributed by atoms with Crippen molar-refractivity contribution in [2.24, 2.45) is 5.92 Å². The van der Waals surface area contributed by atoms with Gasteiger partial charge in [0.1, 0.15) is 6.61 Å². The number of hydrogen-bond donors (Lipinski definition) is 1. The van der Waals surface area contributed by atoms with Gasteiger partial charge in [0.05, 0.1) is 59.5 Å². The number of aliphatic carboxylic acids is 1. The lowest BCUT2D eigenvalue weighted by molar-refractivity contribution is -0.142. The minimum absolute atomic E-state index is 0. The van der Waals surface area contributed by atoms with Crippen molar-refractivity contribution in [3.8, 4) is 0 Å². The molecule has 0 aromatic carbocycles. The highest BCUT2D eigenvalue weighted by Gasteiger charge is 2.10. The molecule has 0 aliphatic rings. The molecule has 0 bridgehead atoms. The van der Waals surface area contributed by atoms with Gasteiger partial charge in [0, 0.05) is 20.1 Å². The molecule has 0 unspecified atom stereocenters. The Morgan fingerprint density at radius 3 is 1.29 bits per heavy atom. The second kappa shape index (κ2) is 37.0. The normalized spacial score (nSPS) is 8.82. The minimum atomic E-state index is -0.990. The topological polar surface area (TPSA) is 92.7 Å². The third kappa shape index (κ3) is 36.2. The molecule has 1 N–H and O–H groups in total. The van der Waals surface area contributed by atoms with Crippen LogP contribution in [0.5, 0.6) is 0 Å². The maximum absolute atomic E-state index is 10.3. The Morgan fingerprint density at radius 2 is 0.964 bits per heavy atom. The van der Waals surface area contributed by atoms with Gasteiger partial charge in [-0.2, -0.15) is 0 Å². The zero-order valence-corrected chi connectivity index (χ0v) is 13.5. The van der Waals surface area contributed by atoms with Crippen LogP contribution in [0.4, 0.5) is 0 Å². The summed E-state index contributed by atoms with van der Waals surface area (Å²) in [6.07, 6.45) is 0. The number of carboxylic acids is 1. The zero-order valence-electron chi connectivity index (χ0n) is 13.5. The van der Waals surface area contributed by atoms with Gasteiger partial charge in [-0.15, -0.1) is 0 Å². The summed E-state index contributed by atoms with van der Waals surface area (Å²) in [4.78, 5) is 10.3. The van der Waals surface area contributed by atoms with E-state index in [1.54, 1.807) is 14.2 Å². The van der Waals surface area contributed by atoms with Gasteiger partial charge in [0.25, 0.3) is 0 Å². The van der Waals surface area contributed by atoms with Crippen molar-refractivity contribution in [3.05, 3.63) is 0 Å². The summed E-state index contributed by atoms with van der Waals surface area (Å²) in [6, 6.07) is 0.